The highest BCUT2D eigenvalue weighted by Gasteiger charge is 2.29. The lowest BCUT2D eigenvalue weighted by atomic mass is 10.4. The van der Waals surface area contributed by atoms with E-state index in [-0.39, 0.29) is 0 Å². The third-order valence-electron chi connectivity index (χ3n) is 2.87. The number of unbranched alkanes of at least 4 members (excludes halogenated alkanes) is 3. The molecule has 0 N–H and O–H groups in total. The minimum Gasteiger partial charge on any atom is -0.0652 e. The lowest BCUT2D eigenvalue weighted by Crippen LogP contribution is -2.02. The van der Waals surface area contributed by atoms with E-state index in [9.17, 15) is 0 Å². The zero-order chi connectivity index (χ0) is 10.9. The van der Waals surface area contributed by atoms with E-state index in [2.05, 4.69) is 29.7 Å². The highest BCUT2D eigenvalue weighted by molar-refractivity contribution is 8.24. The Morgan fingerprint density at radius 1 is 0.714 bits per heavy atom. The summed E-state index contributed by atoms with van der Waals surface area (Å²) in [4.78, 5) is 0. The highest BCUT2D eigenvalue weighted by atomic mass is 32.1. The summed E-state index contributed by atoms with van der Waals surface area (Å²) < 4.78 is 0. The molecule has 0 aromatic rings. The molecule has 0 aromatic heterocycles. The molecule has 86 valence electrons. The topological polar surface area (TPSA) is 0 Å². The summed E-state index contributed by atoms with van der Waals surface area (Å²) in [5.41, 5.74) is 0. The van der Waals surface area contributed by atoms with Crippen LogP contribution in [0.5, 0.6) is 0 Å². The van der Waals surface area contributed by atoms with Crippen molar-refractivity contribution in [2.24, 2.45) is 0 Å². The lowest BCUT2D eigenvalue weighted by Gasteiger charge is -2.22. The van der Waals surface area contributed by atoms with Crippen LogP contribution in [-0.4, -0.2) is 18.5 Å². The largest absolute Gasteiger partial charge is 0.0652 e. The minimum atomic E-state index is -0.602. The predicted octanol–water partition coefficient (Wildman–Crippen LogP) is 5.19. The molecule has 0 amide bonds. The fourth-order valence-corrected chi connectivity index (χ4v) is 6.91. The monoisotopic (exact) mass is 235 g/mol. The molecular weight excluding hydrogens is 206 g/mol. The first-order valence-corrected chi connectivity index (χ1v) is 10.3. The second-order valence-corrected chi connectivity index (χ2v) is 11.5. The van der Waals surface area contributed by atoms with Gasteiger partial charge in [-0.1, -0.05) is 40.0 Å². The molecule has 0 spiro atoms. The molecule has 0 aliphatic heterocycles. The van der Waals surface area contributed by atoms with Crippen molar-refractivity contribution in [2.45, 2.75) is 59.3 Å². The first-order valence-electron chi connectivity index (χ1n) is 6.33. The summed E-state index contributed by atoms with van der Waals surface area (Å²) in [6.07, 6.45) is 13.0. The molecule has 0 nitrogen and oxygen atoms in total. The Kier molecular flexibility index (Phi) is 9.67. The van der Waals surface area contributed by atoms with E-state index in [1.54, 1.807) is 0 Å². The highest BCUT2D eigenvalue weighted by Crippen LogP contribution is 2.67. The van der Waals surface area contributed by atoms with Crippen molar-refractivity contribution < 1.29 is 0 Å². The van der Waals surface area contributed by atoms with Gasteiger partial charge in [0.1, 0.15) is 0 Å². The molecule has 14 heavy (non-hydrogen) atoms. The average molecular weight is 235 g/mol. The van der Waals surface area contributed by atoms with Gasteiger partial charge < -0.3 is 0 Å². The SMILES string of the molecule is CCCC[P+](P)(CCCC)CCCC. The van der Waals surface area contributed by atoms with E-state index in [4.69, 9.17) is 0 Å². The van der Waals surface area contributed by atoms with Crippen molar-refractivity contribution in [2.75, 3.05) is 18.5 Å². The van der Waals surface area contributed by atoms with Crippen molar-refractivity contribution in [3.05, 3.63) is 0 Å². The second-order valence-electron chi connectivity index (χ2n) is 4.45. The van der Waals surface area contributed by atoms with Crippen molar-refractivity contribution in [1.82, 2.24) is 0 Å². The number of hydrogen-bond donors (Lipinski definition) is 0. The average Bonchev–Trinajstić information content (AvgIpc) is 2.21. The molecule has 0 fully saturated rings. The van der Waals surface area contributed by atoms with Gasteiger partial charge in [-0.3, -0.25) is 0 Å². The normalized spacial score (nSPS) is 12.0. The Hall–Kier alpha value is 0.860. The molecule has 0 saturated carbocycles. The van der Waals surface area contributed by atoms with Gasteiger partial charge in [0.2, 0.25) is 0 Å². The van der Waals surface area contributed by atoms with Crippen molar-refractivity contribution in [3.63, 3.8) is 0 Å². The van der Waals surface area contributed by atoms with Crippen molar-refractivity contribution in [1.29, 1.82) is 0 Å². The molecule has 1 unspecified atom stereocenters. The zero-order valence-electron chi connectivity index (χ0n) is 10.4. The fourth-order valence-electron chi connectivity index (χ4n) is 1.75. The smallest absolute Gasteiger partial charge is 0.0611 e. The summed E-state index contributed by atoms with van der Waals surface area (Å²) in [5.74, 6) is 0. The summed E-state index contributed by atoms with van der Waals surface area (Å²) in [7, 11) is 3.28. The van der Waals surface area contributed by atoms with E-state index in [0.717, 1.165) is 0 Å². The van der Waals surface area contributed by atoms with Crippen LogP contribution in [0.25, 0.3) is 0 Å². The van der Waals surface area contributed by atoms with Crippen LogP contribution in [0.2, 0.25) is 0 Å². The van der Waals surface area contributed by atoms with E-state index < -0.39 is 6.95 Å². The maximum Gasteiger partial charge on any atom is 0.0611 e. The quantitative estimate of drug-likeness (QED) is 0.482. The van der Waals surface area contributed by atoms with Gasteiger partial charge in [-0.05, 0) is 19.3 Å². The van der Waals surface area contributed by atoms with Gasteiger partial charge in [0, 0.05) is 15.9 Å². The Morgan fingerprint density at radius 3 is 1.21 bits per heavy atom. The molecule has 1 atom stereocenters. The number of rotatable bonds is 9. The van der Waals surface area contributed by atoms with E-state index in [0.29, 0.717) is 0 Å². The van der Waals surface area contributed by atoms with Crippen LogP contribution in [0, 0.1) is 0 Å². The Balaban J connectivity index is 3.89. The molecule has 2 heteroatoms. The standard InChI is InChI=1S/C12H29P2/c1-4-7-10-14(13,11-8-5-2)12-9-6-3/h4-13H2,1-3H3/q+1. The predicted molar refractivity (Wildman–Crippen MR) is 76.0 cm³/mol. The van der Waals surface area contributed by atoms with E-state index >= 15 is 0 Å². The summed E-state index contributed by atoms with van der Waals surface area (Å²) in [6.45, 7) is 6.34. The van der Waals surface area contributed by atoms with Crippen LogP contribution in [0.3, 0.4) is 0 Å². The van der Waals surface area contributed by atoms with Crippen LogP contribution in [0.1, 0.15) is 59.3 Å². The molecule has 0 heterocycles. The summed E-state index contributed by atoms with van der Waals surface area (Å²) in [6, 6.07) is 0. The molecule has 0 aliphatic rings. The van der Waals surface area contributed by atoms with Crippen LogP contribution in [-0.2, 0) is 0 Å². The molecule has 0 bridgehead atoms. The van der Waals surface area contributed by atoms with Crippen LogP contribution >= 0.6 is 15.9 Å². The van der Waals surface area contributed by atoms with E-state index in [1.165, 1.54) is 57.0 Å². The van der Waals surface area contributed by atoms with Crippen molar-refractivity contribution >= 4 is 15.9 Å². The van der Waals surface area contributed by atoms with Gasteiger partial charge in [0.15, 0.2) is 0 Å². The second kappa shape index (κ2) is 9.11. The summed E-state index contributed by atoms with van der Waals surface area (Å²) in [5, 5.41) is 0. The third kappa shape index (κ3) is 7.19. The first-order chi connectivity index (χ1) is 6.68. The van der Waals surface area contributed by atoms with Crippen LogP contribution < -0.4 is 0 Å². The van der Waals surface area contributed by atoms with Gasteiger partial charge >= 0.3 is 0 Å². The van der Waals surface area contributed by atoms with Crippen molar-refractivity contribution in [3.8, 4) is 0 Å². The lowest BCUT2D eigenvalue weighted by molar-refractivity contribution is 0.844. The minimum absolute atomic E-state index is 0.602. The van der Waals surface area contributed by atoms with Gasteiger partial charge in [-0.25, -0.2) is 0 Å². The Labute approximate surface area is 94.1 Å². The van der Waals surface area contributed by atoms with Crippen LogP contribution in [0.15, 0.2) is 0 Å². The van der Waals surface area contributed by atoms with Gasteiger partial charge in [0.25, 0.3) is 0 Å². The maximum atomic E-state index is 3.28. The molecule has 0 radical (unpaired) electrons. The van der Waals surface area contributed by atoms with Gasteiger partial charge in [0.05, 0.1) is 18.5 Å². The molecule has 0 aliphatic carbocycles. The van der Waals surface area contributed by atoms with E-state index in [1.807, 2.05) is 0 Å². The zero-order valence-corrected chi connectivity index (χ0v) is 12.4. The molecule has 0 saturated heterocycles. The summed E-state index contributed by atoms with van der Waals surface area (Å²) >= 11 is 0. The Bertz CT molecular complexity index is 102. The maximum absolute atomic E-state index is 3.28. The molecular formula is C12H29P2+. The third-order valence-corrected chi connectivity index (χ3v) is 8.82. The van der Waals surface area contributed by atoms with Gasteiger partial charge in [-0.15, -0.1) is 0 Å². The number of hydrogen-bond acceptors (Lipinski definition) is 0. The first kappa shape index (κ1) is 14.9. The van der Waals surface area contributed by atoms with Crippen LogP contribution in [0.4, 0.5) is 0 Å². The fraction of sp³-hybridized carbons (Fsp3) is 1.00. The molecule has 0 rings (SSSR count). The molecule has 0 aromatic carbocycles. The Morgan fingerprint density at radius 2 is 1.00 bits per heavy atom. The van der Waals surface area contributed by atoms with Gasteiger partial charge in [-0.2, -0.15) is 0 Å².